The fraction of sp³-hybridized carbons (Fsp3) is 0.333. The van der Waals surface area contributed by atoms with Crippen molar-refractivity contribution in [1.82, 2.24) is 9.88 Å². The number of carbonyl (C=O) groups is 1. The van der Waals surface area contributed by atoms with Crippen LogP contribution in [0.3, 0.4) is 0 Å². The number of carbonyl (C=O) groups excluding carboxylic acids is 1. The first kappa shape index (κ1) is 12.7. The molecule has 2 aromatic heterocycles. The number of pyridine rings is 1. The highest BCUT2D eigenvalue weighted by atomic mass is 16.3. The Bertz CT molecular complexity index is 586. The van der Waals surface area contributed by atoms with Crippen LogP contribution in [-0.2, 0) is 0 Å². The highest BCUT2D eigenvalue weighted by molar-refractivity contribution is 5.91. The van der Waals surface area contributed by atoms with Crippen molar-refractivity contribution >= 4 is 11.7 Å². The highest BCUT2D eigenvalue weighted by Gasteiger charge is 2.24. The van der Waals surface area contributed by atoms with Crippen LogP contribution >= 0.6 is 0 Å². The van der Waals surface area contributed by atoms with E-state index in [4.69, 9.17) is 4.42 Å². The summed E-state index contributed by atoms with van der Waals surface area (Å²) in [5.74, 6) is 2.13. The lowest BCUT2D eigenvalue weighted by atomic mass is 10.2. The summed E-state index contributed by atoms with van der Waals surface area (Å²) in [4.78, 5) is 20.6. The highest BCUT2D eigenvalue weighted by Crippen LogP contribution is 2.15. The third-order valence-electron chi connectivity index (χ3n) is 3.49. The predicted octanol–water partition coefficient (Wildman–Crippen LogP) is 1.95. The van der Waals surface area contributed by atoms with Crippen molar-refractivity contribution in [3.05, 3.63) is 48.0 Å². The average molecular weight is 271 g/mol. The number of nitrogens with zero attached hydrogens (tertiary/aromatic N) is 3. The summed E-state index contributed by atoms with van der Waals surface area (Å²) in [6.45, 7) is 4.81. The van der Waals surface area contributed by atoms with Gasteiger partial charge >= 0.3 is 0 Å². The molecule has 1 aliphatic rings. The van der Waals surface area contributed by atoms with Gasteiger partial charge in [-0.3, -0.25) is 4.79 Å². The second-order valence-electron chi connectivity index (χ2n) is 4.88. The number of rotatable bonds is 2. The number of amides is 1. The molecular weight excluding hydrogens is 254 g/mol. The fourth-order valence-electron chi connectivity index (χ4n) is 2.38. The quantitative estimate of drug-likeness (QED) is 0.837. The lowest BCUT2D eigenvalue weighted by molar-refractivity contribution is 0.0713. The molecule has 104 valence electrons. The first-order valence-electron chi connectivity index (χ1n) is 6.76. The molecule has 20 heavy (non-hydrogen) atoms. The summed E-state index contributed by atoms with van der Waals surface area (Å²) in [5.41, 5.74) is 0. The van der Waals surface area contributed by atoms with Gasteiger partial charge < -0.3 is 14.2 Å². The van der Waals surface area contributed by atoms with Crippen molar-refractivity contribution in [1.29, 1.82) is 0 Å². The van der Waals surface area contributed by atoms with Crippen LogP contribution in [0.5, 0.6) is 0 Å². The van der Waals surface area contributed by atoms with Crippen molar-refractivity contribution in [3.8, 4) is 0 Å². The van der Waals surface area contributed by atoms with E-state index in [0.717, 1.165) is 24.7 Å². The fourth-order valence-corrected chi connectivity index (χ4v) is 2.38. The topological polar surface area (TPSA) is 49.6 Å². The minimum absolute atomic E-state index is 0.0289. The van der Waals surface area contributed by atoms with Gasteiger partial charge in [0, 0.05) is 32.4 Å². The van der Waals surface area contributed by atoms with E-state index in [0.29, 0.717) is 18.8 Å². The Morgan fingerprint density at radius 3 is 2.55 bits per heavy atom. The molecule has 2 aromatic rings. The Morgan fingerprint density at radius 1 is 1.15 bits per heavy atom. The van der Waals surface area contributed by atoms with Crippen molar-refractivity contribution < 1.29 is 9.21 Å². The number of anilines is 1. The summed E-state index contributed by atoms with van der Waals surface area (Å²) >= 11 is 0. The van der Waals surface area contributed by atoms with Gasteiger partial charge in [-0.2, -0.15) is 0 Å². The Kier molecular flexibility index (Phi) is 3.41. The standard InChI is InChI=1S/C15H17N3O2/c1-12-5-6-13(20-12)15(19)18-10-8-17(9-11-18)14-4-2-3-7-16-14/h2-7H,8-11H2,1H3. The molecule has 0 bridgehead atoms. The van der Waals surface area contributed by atoms with Crippen LogP contribution in [0, 0.1) is 6.92 Å². The molecule has 0 aromatic carbocycles. The lowest BCUT2D eigenvalue weighted by Crippen LogP contribution is -2.49. The molecule has 3 heterocycles. The summed E-state index contributed by atoms with van der Waals surface area (Å²) in [5, 5.41) is 0. The maximum Gasteiger partial charge on any atom is 0.289 e. The second-order valence-corrected chi connectivity index (χ2v) is 4.88. The summed E-state index contributed by atoms with van der Waals surface area (Å²) in [6.07, 6.45) is 1.79. The van der Waals surface area contributed by atoms with Crippen LogP contribution in [0.4, 0.5) is 5.82 Å². The maximum absolute atomic E-state index is 12.3. The Balaban J connectivity index is 1.63. The van der Waals surface area contributed by atoms with E-state index >= 15 is 0 Å². The third-order valence-corrected chi connectivity index (χ3v) is 3.49. The Hall–Kier alpha value is -2.30. The lowest BCUT2D eigenvalue weighted by Gasteiger charge is -2.34. The van der Waals surface area contributed by atoms with Crippen LogP contribution in [0.25, 0.3) is 0 Å². The first-order valence-corrected chi connectivity index (χ1v) is 6.76. The summed E-state index contributed by atoms with van der Waals surface area (Å²) in [7, 11) is 0. The van der Waals surface area contributed by atoms with E-state index in [-0.39, 0.29) is 5.91 Å². The van der Waals surface area contributed by atoms with Gasteiger partial charge in [-0.15, -0.1) is 0 Å². The maximum atomic E-state index is 12.3. The molecular formula is C15H17N3O2. The van der Waals surface area contributed by atoms with Gasteiger partial charge in [0.15, 0.2) is 5.76 Å². The molecule has 5 nitrogen and oxygen atoms in total. The molecule has 1 saturated heterocycles. The third kappa shape index (κ3) is 2.52. The molecule has 0 saturated carbocycles. The second kappa shape index (κ2) is 5.36. The van der Waals surface area contributed by atoms with Gasteiger partial charge in [-0.05, 0) is 31.2 Å². The van der Waals surface area contributed by atoms with Gasteiger partial charge in [0.25, 0.3) is 5.91 Å². The molecule has 0 radical (unpaired) electrons. The smallest absolute Gasteiger partial charge is 0.289 e. The predicted molar refractivity (Wildman–Crippen MR) is 75.8 cm³/mol. The van der Waals surface area contributed by atoms with Crippen LogP contribution in [-0.4, -0.2) is 42.0 Å². The number of aromatic nitrogens is 1. The monoisotopic (exact) mass is 271 g/mol. The molecule has 1 amide bonds. The van der Waals surface area contributed by atoms with E-state index in [2.05, 4.69) is 9.88 Å². The summed E-state index contributed by atoms with van der Waals surface area (Å²) < 4.78 is 5.39. The minimum atomic E-state index is -0.0289. The largest absolute Gasteiger partial charge is 0.456 e. The van der Waals surface area contributed by atoms with Gasteiger partial charge in [0.05, 0.1) is 0 Å². The average Bonchev–Trinajstić information content (AvgIpc) is 2.94. The molecule has 0 spiro atoms. The summed E-state index contributed by atoms with van der Waals surface area (Å²) in [6, 6.07) is 9.43. The van der Waals surface area contributed by atoms with Crippen LogP contribution < -0.4 is 4.90 Å². The molecule has 5 heteroatoms. The molecule has 0 N–H and O–H groups in total. The molecule has 0 aliphatic carbocycles. The van der Waals surface area contributed by atoms with Gasteiger partial charge in [0.1, 0.15) is 11.6 Å². The van der Waals surface area contributed by atoms with Crippen molar-refractivity contribution in [2.75, 3.05) is 31.1 Å². The van der Waals surface area contributed by atoms with Crippen LogP contribution in [0.1, 0.15) is 16.3 Å². The number of hydrogen-bond donors (Lipinski definition) is 0. The number of furan rings is 1. The normalized spacial score (nSPS) is 15.4. The molecule has 1 fully saturated rings. The zero-order valence-corrected chi connectivity index (χ0v) is 11.5. The zero-order valence-electron chi connectivity index (χ0n) is 11.5. The van der Waals surface area contributed by atoms with Crippen molar-refractivity contribution in [2.45, 2.75) is 6.92 Å². The van der Waals surface area contributed by atoms with Crippen LogP contribution in [0.2, 0.25) is 0 Å². The van der Waals surface area contributed by atoms with E-state index in [1.54, 1.807) is 12.3 Å². The van der Waals surface area contributed by atoms with Gasteiger partial charge in [-0.25, -0.2) is 4.98 Å². The number of piperazine rings is 1. The van der Waals surface area contributed by atoms with E-state index in [9.17, 15) is 4.79 Å². The number of hydrogen-bond acceptors (Lipinski definition) is 4. The van der Waals surface area contributed by atoms with Gasteiger partial charge in [-0.1, -0.05) is 6.07 Å². The van der Waals surface area contributed by atoms with Crippen LogP contribution in [0.15, 0.2) is 40.9 Å². The molecule has 0 unspecified atom stereocenters. The van der Waals surface area contributed by atoms with E-state index in [1.807, 2.05) is 36.1 Å². The Labute approximate surface area is 117 Å². The Morgan fingerprint density at radius 2 is 1.95 bits per heavy atom. The van der Waals surface area contributed by atoms with E-state index < -0.39 is 0 Å². The number of aryl methyl sites for hydroxylation is 1. The van der Waals surface area contributed by atoms with Crippen molar-refractivity contribution in [3.63, 3.8) is 0 Å². The van der Waals surface area contributed by atoms with Crippen molar-refractivity contribution in [2.24, 2.45) is 0 Å². The minimum Gasteiger partial charge on any atom is -0.456 e. The molecule has 3 rings (SSSR count). The molecule has 0 atom stereocenters. The van der Waals surface area contributed by atoms with E-state index in [1.165, 1.54) is 0 Å². The first-order chi connectivity index (χ1) is 9.74. The zero-order chi connectivity index (χ0) is 13.9. The SMILES string of the molecule is Cc1ccc(C(=O)N2CCN(c3ccccn3)CC2)o1. The van der Waals surface area contributed by atoms with Gasteiger partial charge in [0.2, 0.25) is 0 Å². The molecule has 1 aliphatic heterocycles.